The third kappa shape index (κ3) is 8.26. The number of hydrogen-bond acceptors (Lipinski definition) is 8. The zero-order chi connectivity index (χ0) is 28.5. The highest BCUT2D eigenvalue weighted by Gasteiger charge is 2.34. The van der Waals surface area contributed by atoms with Gasteiger partial charge in [0.25, 0.3) is 11.8 Å². The van der Waals surface area contributed by atoms with Crippen molar-refractivity contribution in [2.24, 2.45) is 32.3 Å². The monoisotopic (exact) mass is 556 g/mol. The van der Waals surface area contributed by atoms with E-state index < -0.39 is 12.1 Å². The van der Waals surface area contributed by atoms with Gasteiger partial charge in [0.2, 0.25) is 12.1 Å². The molecule has 4 aliphatic rings. The molecule has 2 aliphatic heterocycles. The van der Waals surface area contributed by atoms with Crippen molar-refractivity contribution in [3.05, 3.63) is 0 Å². The van der Waals surface area contributed by atoms with Crippen LogP contribution in [0.15, 0.2) is 20.5 Å². The Morgan fingerprint density at radius 2 is 0.850 bits per heavy atom. The Labute approximate surface area is 238 Å². The molecule has 0 aromatic heterocycles. The topological polar surface area (TPSA) is 124 Å². The molecule has 0 aromatic rings. The van der Waals surface area contributed by atoms with E-state index in [9.17, 15) is 19.2 Å². The zero-order valence-electron chi connectivity index (χ0n) is 24.5. The highest BCUT2D eigenvalue weighted by atomic mass is 16.2. The van der Waals surface area contributed by atoms with Gasteiger partial charge in [0.1, 0.15) is 0 Å². The van der Waals surface area contributed by atoms with Crippen LogP contribution in [0.5, 0.6) is 0 Å². The summed E-state index contributed by atoms with van der Waals surface area (Å²) in [4.78, 5) is 53.5. The Morgan fingerprint density at radius 3 is 1.15 bits per heavy atom. The third-order valence-corrected chi connectivity index (χ3v) is 9.41. The van der Waals surface area contributed by atoms with Crippen LogP contribution >= 0.6 is 0 Å². The van der Waals surface area contributed by atoms with Crippen LogP contribution in [0.1, 0.15) is 104 Å². The number of piperidine rings is 2. The summed E-state index contributed by atoms with van der Waals surface area (Å²) in [6.45, 7) is 5.71. The molecule has 2 heterocycles. The van der Waals surface area contributed by atoms with Crippen LogP contribution < -0.4 is 0 Å². The minimum absolute atomic E-state index is 0.0818. The summed E-state index contributed by atoms with van der Waals surface area (Å²) in [5.74, 6) is 0.454. The summed E-state index contributed by atoms with van der Waals surface area (Å²) >= 11 is 0. The van der Waals surface area contributed by atoms with E-state index in [1.807, 2.05) is 0 Å². The molecule has 10 nitrogen and oxygen atoms in total. The predicted octanol–water partition coefficient (Wildman–Crippen LogP) is 4.95. The highest BCUT2D eigenvalue weighted by molar-refractivity contribution is 6.05. The van der Waals surface area contributed by atoms with Crippen LogP contribution in [-0.4, -0.2) is 83.5 Å². The fraction of sp³-hybridized carbons (Fsp3) is 0.867. The standard InChI is InChI=1S/C30H48N6O4/c1-21(37)27(29(39)35-17-5-3-6-18-35)33-31-25-13-9-23(10-14-25)24-11-15-26(16-12-24)32-34-28(22(2)38)30(40)36-19-7-4-8-20-36/h23-28H,3-20H2,1-2H3. The SMILES string of the molecule is CC(=O)C(N=NC1CCC(C2CCC(N=NC(C(C)=O)C(=O)N3CCCCC3)CC2)CC1)C(=O)N1CCCCC1. The first kappa shape index (κ1) is 30.4. The number of ketones is 2. The molecule has 0 N–H and O–H groups in total. The van der Waals surface area contributed by atoms with Gasteiger partial charge in [0, 0.05) is 26.2 Å². The third-order valence-electron chi connectivity index (χ3n) is 9.41. The fourth-order valence-electron chi connectivity index (χ4n) is 6.88. The number of Topliss-reactive ketones (excluding diaryl/α,β-unsaturated/α-hetero) is 2. The molecule has 4 fully saturated rings. The first-order valence-electron chi connectivity index (χ1n) is 15.7. The lowest BCUT2D eigenvalue weighted by Crippen LogP contribution is -2.44. The first-order valence-corrected chi connectivity index (χ1v) is 15.7. The largest absolute Gasteiger partial charge is 0.340 e. The molecule has 0 bridgehead atoms. The van der Waals surface area contributed by atoms with E-state index in [4.69, 9.17) is 0 Å². The summed E-state index contributed by atoms with van der Waals surface area (Å²) in [7, 11) is 0. The lowest BCUT2D eigenvalue weighted by atomic mass is 9.72. The van der Waals surface area contributed by atoms with Gasteiger partial charge in [-0.05, 0) is 116 Å². The molecule has 4 rings (SSSR count). The minimum Gasteiger partial charge on any atom is -0.340 e. The maximum absolute atomic E-state index is 12.8. The van der Waals surface area contributed by atoms with Crippen molar-refractivity contribution in [1.29, 1.82) is 0 Å². The number of carbonyl (C=O) groups excluding carboxylic acids is 4. The Hall–Kier alpha value is -2.52. The number of azo groups is 2. The van der Waals surface area contributed by atoms with Gasteiger partial charge in [0.15, 0.2) is 11.6 Å². The number of nitrogens with zero attached hydrogens (tertiary/aromatic N) is 6. The van der Waals surface area contributed by atoms with Crippen LogP contribution in [0.3, 0.4) is 0 Å². The second kappa shape index (κ2) is 14.9. The molecule has 10 heteroatoms. The second-order valence-electron chi connectivity index (χ2n) is 12.4. The van der Waals surface area contributed by atoms with Crippen LogP contribution in [0.4, 0.5) is 0 Å². The lowest BCUT2D eigenvalue weighted by Gasteiger charge is -2.36. The number of likely N-dealkylation sites (tertiary alicyclic amines) is 2. The fourth-order valence-corrected chi connectivity index (χ4v) is 6.88. The second-order valence-corrected chi connectivity index (χ2v) is 12.4. The van der Waals surface area contributed by atoms with E-state index in [0.29, 0.717) is 38.0 Å². The van der Waals surface area contributed by atoms with Gasteiger partial charge in [-0.25, -0.2) is 0 Å². The van der Waals surface area contributed by atoms with Gasteiger partial charge >= 0.3 is 0 Å². The number of rotatable bonds is 9. The summed E-state index contributed by atoms with van der Waals surface area (Å²) < 4.78 is 0. The van der Waals surface area contributed by atoms with Crippen LogP contribution in [-0.2, 0) is 19.2 Å². The summed E-state index contributed by atoms with van der Waals surface area (Å²) in [6, 6.07) is -1.81. The van der Waals surface area contributed by atoms with Crippen molar-refractivity contribution in [2.75, 3.05) is 26.2 Å². The molecule has 2 aliphatic carbocycles. The highest BCUT2D eigenvalue weighted by Crippen LogP contribution is 2.40. The van der Waals surface area contributed by atoms with Crippen molar-refractivity contribution in [1.82, 2.24) is 9.80 Å². The number of hydrogen-bond donors (Lipinski definition) is 0. The van der Waals surface area contributed by atoms with Gasteiger partial charge in [0.05, 0.1) is 12.1 Å². The van der Waals surface area contributed by atoms with E-state index in [1.165, 1.54) is 13.8 Å². The maximum atomic E-state index is 12.8. The van der Waals surface area contributed by atoms with Crippen molar-refractivity contribution < 1.29 is 19.2 Å². The van der Waals surface area contributed by atoms with E-state index in [1.54, 1.807) is 9.80 Å². The average molecular weight is 557 g/mol. The van der Waals surface area contributed by atoms with E-state index in [0.717, 1.165) is 89.9 Å². The number of amides is 2. The Morgan fingerprint density at radius 1 is 0.525 bits per heavy atom. The van der Waals surface area contributed by atoms with Crippen molar-refractivity contribution in [3.8, 4) is 0 Å². The Balaban J connectivity index is 1.21. The molecule has 2 saturated heterocycles. The quantitative estimate of drug-likeness (QED) is 0.294. The van der Waals surface area contributed by atoms with Gasteiger partial charge < -0.3 is 9.80 Å². The summed E-state index contributed by atoms with van der Waals surface area (Å²) in [5.41, 5.74) is 0. The molecule has 222 valence electrons. The molecule has 0 spiro atoms. The van der Waals surface area contributed by atoms with Crippen molar-refractivity contribution in [3.63, 3.8) is 0 Å². The maximum Gasteiger partial charge on any atom is 0.256 e. The van der Waals surface area contributed by atoms with Gasteiger partial charge in [-0.3, -0.25) is 19.2 Å². The molecule has 0 aromatic carbocycles. The first-order chi connectivity index (χ1) is 19.3. The van der Waals surface area contributed by atoms with Crippen LogP contribution in [0.25, 0.3) is 0 Å². The smallest absolute Gasteiger partial charge is 0.256 e. The molecule has 2 saturated carbocycles. The summed E-state index contributed by atoms with van der Waals surface area (Å²) in [6.07, 6.45) is 14.3. The van der Waals surface area contributed by atoms with Crippen LogP contribution in [0, 0.1) is 11.8 Å². The minimum atomic E-state index is -0.988. The van der Waals surface area contributed by atoms with Crippen molar-refractivity contribution >= 4 is 23.4 Å². The Bertz CT molecular complexity index is 864. The summed E-state index contributed by atoms with van der Waals surface area (Å²) in [5, 5.41) is 17.5. The van der Waals surface area contributed by atoms with Gasteiger partial charge in [-0.15, -0.1) is 0 Å². The number of carbonyl (C=O) groups is 4. The van der Waals surface area contributed by atoms with E-state index in [2.05, 4.69) is 20.5 Å². The Kier molecular flexibility index (Phi) is 11.4. The molecule has 2 amide bonds. The molecular weight excluding hydrogens is 508 g/mol. The molecule has 40 heavy (non-hydrogen) atoms. The molecule has 2 unspecified atom stereocenters. The molecule has 2 atom stereocenters. The average Bonchev–Trinajstić information content (AvgIpc) is 2.98. The van der Waals surface area contributed by atoms with Gasteiger partial charge in [-0.2, -0.15) is 20.5 Å². The lowest BCUT2D eigenvalue weighted by molar-refractivity contribution is -0.139. The van der Waals surface area contributed by atoms with E-state index in [-0.39, 0.29) is 35.5 Å². The predicted molar refractivity (Wildman–Crippen MR) is 151 cm³/mol. The zero-order valence-corrected chi connectivity index (χ0v) is 24.5. The van der Waals surface area contributed by atoms with E-state index >= 15 is 0 Å². The molecule has 0 radical (unpaired) electrons. The van der Waals surface area contributed by atoms with Crippen LogP contribution in [0.2, 0.25) is 0 Å². The van der Waals surface area contributed by atoms with Crippen molar-refractivity contribution in [2.45, 2.75) is 128 Å². The normalized spacial score (nSPS) is 29.9. The van der Waals surface area contributed by atoms with Gasteiger partial charge in [-0.1, -0.05) is 0 Å². The molecular formula is C30H48N6O4.